The van der Waals surface area contributed by atoms with Crippen molar-refractivity contribution >= 4 is 12.0 Å². The van der Waals surface area contributed by atoms with E-state index in [-0.39, 0.29) is 11.5 Å². The van der Waals surface area contributed by atoms with Gasteiger partial charge in [-0.15, -0.1) is 0 Å². The van der Waals surface area contributed by atoms with E-state index < -0.39 is 5.92 Å². The molecule has 0 radical (unpaired) electrons. The highest BCUT2D eigenvalue weighted by Crippen LogP contribution is 2.27. The third kappa shape index (κ3) is 1.07. The van der Waals surface area contributed by atoms with Crippen molar-refractivity contribution in [2.24, 2.45) is 16.6 Å². The van der Waals surface area contributed by atoms with Crippen molar-refractivity contribution in [1.29, 1.82) is 0 Å². The second kappa shape index (κ2) is 2.58. The van der Waals surface area contributed by atoms with E-state index in [0.29, 0.717) is 11.4 Å². The number of fused-ring (bicyclic) bond motifs is 1. The van der Waals surface area contributed by atoms with Crippen LogP contribution in [0.2, 0.25) is 0 Å². The van der Waals surface area contributed by atoms with Crippen molar-refractivity contribution in [3.8, 4) is 0 Å². The predicted octanol–water partition coefficient (Wildman–Crippen LogP) is 0.438. The Balaban J connectivity index is 2.55. The third-order valence-corrected chi connectivity index (χ3v) is 2.02. The summed E-state index contributed by atoms with van der Waals surface area (Å²) in [4.78, 5) is 15.4. The van der Waals surface area contributed by atoms with E-state index in [4.69, 9.17) is 5.73 Å². The Hall–Kier alpha value is -1.84. The van der Waals surface area contributed by atoms with Crippen molar-refractivity contribution in [2.75, 3.05) is 0 Å². The summed E-state index contributed by atoms with van der Waals surface area (Å²) in [6.45, 7) is 0. The topological polar surface area (TPSA) is 75.7 Å². The Bertz CT molecular complexity index is 388. The molecular weight excluding hydrogens is 168 g/mol. The van der Waals surface area contributed by atoms with Crippen LogP contribution in [-0.2, 0) is 4.79 Å². The van der Waals surface area contributed by atoms with Crippen LogP contribution in [0.1, 0.15) is 0 Å². The van der Waals surface area contributed by atoms with E-state index in [2.05, 4.69) is 4.99 Å². The minimum Gasteiger partial charge on any atom is -0.504 e. The van der Waals surface area contributed by atoms with Gasteiger partial charge in [-0.2, -0.15) is 0 Å². The van der Waals surface area contributed by atoms with Crippen LogP contribution >= 0.6 is 0 Å². The largest absolute Gasteiger partial charge is 0.504 e. The zero-order valence-electron chi connectivity index (χ0n) is 6.77. The molecule has 4 heteroatoms. The molecule has 0 spiro atoms. The molecule has 1 aliphatic heterocycles. The van der Waals surface area contributed by atoms with Gasteiger partial charge >= 0.3 is 0 Å². The molecule has 3 N–H and O–H groups in total. The maximum absolute atomic E-state index is 11.4. The van der Waals surface area contributed by atoms with E-state index in [1.165, 1.54) is 6.08 Å². The molecule has 0 bridgehead atoms. The number of allylic oxidation sites excluding steroid dienone is 4. The molecular formula is C9H8N2O2. The van der Waals surface area contributed by atoms with Gasteiger partial charge in [0.2, 0.25) is 5.78 Å². The van der Waals surface area contributed by atoms with Gasteiger partial charge in [-0.05, 0) is 6.08 Å². The number of aliphatic hydroxyl groups excluding tert-OH is 1. The lowest BCUT2D eigenvalue weighted by atomic mass is 9.91. The molecule has 0 fully saturated rings. The predicted molar refractivity (Wildman–Crippen MR) is 48.1 cm³/mol. The van der Waals surface area contributed by atoms with Gasteiger partial charge in [-0.25, -0.2) is 0 Å². The minimum atomic E-state index is -0.505. The molecule has 1 atom stereocenters. The average Bonchev–Trinajstić information content (AvgIpc) is 2.15. The van der Waals surface area contributed by atoms with Crippen LogP contribution in [0.15, 0.2) is 40.4 Å². The number of nitrogens with two attached hydrogens (primary N) is 1. The molecule has 1 unspecified atom stereocenters. The number of rotatable bonds is 0. The number of Topliss-reactive ketones (excluding diaryl/α,β-unsaturated/α-hetero) is 1. The van der Waals surface area contributed by atoms with Crippen LogP contribution < -0.4 is 5.73 Å². The van der Waals surface area contributed by atoms with Crippen LogP contribution in [0.3, 0.4) is 0 Å². The van der Waals surface area contributed by atoms with Gasteiger partial charge in [-0.1, -0.05) is 6.08 Å². The fourth-order valence-electron chi connectivity index (χ4n) is 1.37. The highest BCUT2D eigenvalue weighted by molar-refractivity contribution is 6.01. The SMILES string of the molecule is NC1=C2N=CC=CC2C(=O)C(O)=C1. The summed E-state index contributed by atoms with van der Waals surface area (Å²) in [7, 11) is 0. The van der Waals surface area contributed by atoms with Gasteiger partial charge in [0.05, 0.1) is 17.3 Å². The first kappa shape index (κ1) is 7.79. The number of ketones is 1. The molecule has 0 aromatic rings. The standard InChI is InChI=1S/C9H8N2O2/c10-6-4-7(12)9(13)5-2-1-3-11-8(5)6/h1-5,12H,10H2. The number of hydrogen-bond donors (Lipinski definition) is 2. The van der Waals surface area contributed by atoms with Gasteiger partial charge in [-0.3, -0.25) is 9.79 Å². The Labute approximate surface area is 74.8 Å². The normalized spacial score (nSPS) is 26.0. The van der Waals surface area contributed by atoms with Crippen LogP contribution in [0.5, 0.6) is 0 Å². The lowest BCUT2D eigenvalue weighted by molar-refractivity contribution is -0.119. The van der Waals surface area contributed by atoms with E-state index in [1.54, 1.807) is 18.4 Å². The quantitative estimate of drug-likeness (QED) is 0.562. The average molecular weight is 176 g/mol. The molecule has 4 nitrogen and oxygen atoms in total. The van der Waals surface area contributed by atoms with Gasteiger partial charge < -0.3 is 10.8 Å². The number of hydrogen-bond acceptors (Lipinski definition) is 4. The monoisotopic (exact) mass is 176 g/mol. The van der Waals surface area contributed by atoms with E-state index in [0.717, 1.165) is 0 Å². The number of nitrogens with zero attached hydrogens (tertiary/aromatic N) is 1. The summed E-state index contributed by atoms with van der Waals surface area (Å²) in [5.74, 6) is -1.15. The molecule has 13 heavy (non-hydrogen) atoms. The fraction of sp³-hybridized carbons (Fsp3) is 0.111. The number of dihydropyridines is 1. The van der Waals surface area contributed by atoms with E-state index >= 15 is 0 Å². The first-order chi connectivity index (χ1) is 6.20. The molecule has 1 heterocycles. The molecule has 2 aliphatic rings. The van der Waals surface area contributed by atoms with Crippen LogP contribution in [0.4, 0.5) is 0 Å². The molecule has 0 saturated heterocycles. The molecule has 0 saturated carbocycles. The van der Waals surface area contributed by atoms with E-state index in [9.17, 15) is 9.90 Å². The van der Waals surface area contributed by atoms with Gasteiger partial charge in [0.1, 0.15) is 0 Å². The Morgan fingerprint density at radius 3 is 3.08 bits per heavy atom. The van der Waals surface area contributed by atoms with Crippen molar-refractivity contribution in [1.82, 2.24) is 0 Å². The Kier molecular flexibility index (Phi) is 1.55. The minimum absolute atomic E-state index is 0.298. The second-order valence-electron chi connectivity index (χ2n) is 2.88. The van der Waals surface area contributed by atoms with Crippen molar-refractivity contribution in [3.63, 3.8) is 0 Å². The number of aliphatic imine (C=N–C) groups is 1. The Morgan fingerprint density at radius 1 is 1.54 bits per heavy atom. The van der Waals surface area contributed by atoms with Gasteiger partial charge in [0.25, 0.3) is 0 Å². The summed E-state index contributed by atoms with van der Waals surface area (Å²) in [6.07, 6.45) is 6.14. The summed E-state index contributed by atoms with van der Waals surface area (Å²) >= 11 is 0. The van der Waals surface area contributed by atoms with Gasteiger partial charge in [0, 0.05) is 12.3 Å². The van der Waals surface area contributed by atoms with Crippen LogP contribution in [0, 0.1) is 5.92 Å². The highest BCUT2D eigenvalue weighted by atomic mass is 16.3. The summed E-state index contributed by atoms with van der Waals surface area (Å²) in [5.41, 5.74) is 6.45. The second-order valence-corrected chi connectivity index (χ2v) is 2.88. The van der Waals surface area contributed by atoms with Crippen molar-refractivity contribution in [2.45, 2.75) is 0 Å². The number of carbonyl (C=O) groups is 1. The number of aliphatic hydroxyl groups is 1. The lowest BCUT2D eigenvalue weighted by Crippen LogP contribution is -2.24. The zero-order chi connectivity index (χ0) is 9.42. The lowest BCUT2D eigenvalue weighted by Gasteiger charge is -2.19. The maximum Gasteiger partial charge on any atom is 0.210 e. The fourth-order valence-corrected chi connectivity index (χ4v) is 1.37. The summed E-state index contributed by atoms with van der Waals surface area (Å²) in [6, 6.07) is 0. The van der Waals surface area contributed by atoms with Gasteiger partial charge in [0.15, 0.2) is 5.76 Å². The first-order valence-corrected chi connectivity index (χ1v) is 3.85. The molecule has 66 valence electrons. The zero-order valence-corrected chi connectivity index (χ0v) is 6.77. The van der Waals surface area contributed by atoms with Crippen LogP contribution in [0.25, 0.3) is 0 Å². The summed E-state index contributed by atoms with van der Waals surface area (Å²) in [5, 5.41) is 9.20. The smallest absolute Gasteiger partial charge is 0.210 e. The molecule has 2 rings (SSSR count). The molecule has 0 aromatic heterocycles. The third-order valence-electron chi connectivity index (χ3n) is 2.02. The van der Waals surface area contributed by atoms with Crippen molar-refractivity contribution in [3.05, 3.63) is 35.4 Å². The molecule has 0 aromatic carbocycles. The highest BCUT2D eigenvalue weighted by Gasteiger charge is 2.29. The summed E-state index contributed by atoms with van der Waals surface area (Å²) < 4.78 is 0. The first-order valence-electron chi connectivity index (χ1n) is 3.85. The van der Waals surface area contributed by atoms with E-state index in [1.807, 2.05) is 0 Å². The number of carbonyl (C=O) groups excluding carboxylic acids is 1. The Morgan fingerprint density at radius 2 is 2.31 bits per heavy atom. The maximum atomic E-state index is 11.4. The van der Waals surface area contributed by atoms with Crippen molar-refractivity contribution < 1.29 is 9.90 Å². The van der Waals surface area contributed by atoms with Crippen LogP contribution in [-0.4, -0.2) is 17.1 Å². The molecule has 0 amide bonds. The molecule has 1 aliphatic carbocycles.